The van der Waals surface area contributed by atoms with Gasteiger partial charge in [0.15, 0.2) is 0 Å². The van der Waals surface area contributed by atoms with Crippen LogP contribution in [0.1, 0.15) is 16.7 Å². The van der Waals surface area contributed by atoms with E-state index in [-0.39, 0.29) is 11.9 Å². The number of rotatable bonds is 4. The van der Waals surface area contributed by atoms with Crippen LogP contribution in [0.15, 0.2) is 48.8 Å². The van der Waals surface area contributed by atoms with E-state index >= 15 is 0 Å². The highest BCUT2D eigenvalue weighted by Gasteiger charge is 2.29. The summed E-state index contributed by atoms with van der Waals surface area (Å²) < 4.78 is 0. The predicted molar refractivity (Wildman–Crippen MR) is 81.5 cm³/mol. The molecule has 4 heteroatoms. The summed E-state index contributed by atoms with van der Waals surface area (Å²) in [5.74, 6) is -0.237. The van der Waals surface area contributed by atoms with Crippen LogP contribution in [-0.2, 0) is 24.2 Å². The van der Waals surface area contributed by atoms with Crippen LogP contribution in [0.5, 0.6) is 0 Å². The van der Waals surface area contributed by atoms with Crippen molar-refractivity contribution in [3.63, 3.8) is 0 Å². The molecule has 1 atom stereocenters. The zero-order valence-corrected chi connectivity index (χ0v) is 11.9. The first-order chi connectivity index (χ1) is 10.2. The number of nitrogens with two attached hydrogens (primary N) is 1. The lowest BCUT2D eigenvalue weighted by Gasteiger charge is -2.35. The Morgan fingerprint density at radius 1 is 1.19 bits per heavy atom. The highest BCUT2D eigenvalue weighted by atomic mass is 16.1. The molecule has 0 aliphatic carbocycles. The number of hydrogen-bond donors (Lipinski definition) is 1. The van der Waals surface area contributed by atoms with Gasteiger partial charge >= 0.3 is 0 Å². The molecular weight excluding hydrogens is 262 g/mol. The van der Waals surface area contributed by atoms with Crippen LogP contribution in [0.25, 0.3) is 0 Å². The minimum Gasteiger partial charge on any atom is -0.368 e. The van der Waals surface area contributed by atoms with Crippen molar-refractivity contribution in [1.29, 1.82) is 0 Å². The molecule has 108 valence electrons. The first kappa shape index (κ1) is 13.8. The van der Waals surface area contributed by atoms with Crippen LogP contribution in [0.2, 0.25) is 0 Å². The summed E-state index contributed by atoms with van der Waals surface area (Å²) in [4.78, 5) is 18.0. The number of fused-ring (bicyclic) bond motifs is 1. The second-order valence-electron chi connectivity index (χ2n) is 5.47. The summed E-state index contributed by atoms with van der Waals surface area (Å²) in [7, 11) is 0. The third kappa shape index (κ3) is 3.11. The number of carbonyl (C=O) groups is 1. The van der Waals surface area contributed by atoms with Crippen molar-refractivity contribution in [3.8, 4) is 0 Å². The van der Waals surface area contributed by atoms with Crippen molar-refractivity contribution in [3.05, 3.63) is 65.5 Å². The molecule has 1 amide bonds. The van der Waals surface area contributed by atoms with Gasteiger partial charge in [-0.1, -0.05) is 24.3 Å². The third-order valence-electron chi connectivity index (χ3n) is 4.11. The number of aromatic nitrogens is 1. The van der Waals surface area contributed by atoms with E-state index in [9.17, 15) is 4.79 Å². The number of amides is 1. The normalized spacial score (nSPS) is 18.2. The Labute approximate surface area is 124 Å². The van der Waals surface area contributed by atoms with E-state index < -0.39 is 0 Å². The quantitative estimate of drug-likeness (QED) is 0.924. The van der Waals surface area contributed by atoms with E-state index in [1.54, 1.807) is 12.4 Å². The lowest BCUT2D eigenvalue weighted by molar-refractivity contribution is -0.123. The van der Waals surface area contributed by atoms with E-state index in [2.05, 4.69) is 22.0 Å². The van der Waals surface area contributed by atoms with Gasteiger partial charge in [0.25, 0.3) is 0 Å². The van der Waals surface area contributed by atoms with Crippen molar-refractivity contribution in [2.75, 3.05) is 6.54 Å². The molecule has 21 heavy (non-hydrogen) atoms. The Hall–Kier alpha value is -2.20. The summed E-state index contributed by atoms with van der Waals surface area (Å²) in [5, 5.41) is 0. The first-order valence-electron chi connectivity index (χ1n) is 7.23. The fraction of sp³-hybridized carbons (Fsp3) is 0.294. The minimum absolute atomic E-state index is 0.207. The van der Waals surface area contributed by atoms with Crippen LogP contribution >= 0.6 is 0 Å². The molecule has 1 aromatic carbocycles. The summed E-state index contributed by atoms with van der Waals surface area (Å²) in [5.41, 5.74) is 9.36. The van der Waals surface area contributed by atoms with Gasteiger partial charge in [-0.25, -0.2) is 0 Å². The van der Waals surface area contributed by atoms with Crippen molar-refractivity contribution in [2.45, 2.75) is 25.4 Å². The Morgan fingerprint density at radius 3 is 2.62 bits per heavy atom. The average Bonchev–Trinajstić information content (AvgIpc) is 2.53. The SMILES string of the molecule is NC(=O)[C@H]1Cc2ccccc2CN1CCc1ccncc1. The second kappa shape index (κ2) is 6.06. The van der Waals surface area contributed by atoms with Crippen LogP contribution in [0.4, 0.5) is 0 Å². The molecule has 0 bridgehead atoms. The Bertz CT molecular complexity index is 627. The number of nitrogens with zero attached hydrogens (tertiary/aromatic N) is 2. The van der Waals surface area contributed by atoms with E-state index in [1.165, 1.54) is 16.7 Å². The predicted octanol–water partition coefficient (Wildman–Crippen LogP) is 1.54. The number of primary amides is 1. The number of pyridine rings is 1. The van der Waals surface area contributed by atoms with E-state index in [4.69, 9.17) is 5.73 Å². The van der Waals surface area contributed by atoms with Crippen LogP contribution in [0.3, 0.4) is 0 Å². The van der Waals surface area contributed by atoms with Gasteiger partial charge in [-0.05, 0) is 41.7 Å². The maximum atomic E-state index is 11.8. The van der Waals surface area contributed by atoms with Crippen molar-refractivity contribution in [2.24, 2.45) is 5.73 Å². The molecule has 2 heterocycles. The molecule has 3 rings (SSSR count). The Balaban J connectivity index is 1.75. The van der Waals surface area contributed by atoms with Gasteiger partial charge in [0.2, 0.25) is 5.91 Å². The average molecular weight is 281 g/mol. The molecule has 0 saturated heterocycles. The van der Waals surface area contributed by atoms with Crippen molar-refractivity contribution < 1.29 is 4.79 Å². The van der Waals surface area contributed by atoms with Crippen LogP contribution < -0.4 is 5.73 Å². The third-order valence-corrected chi connectivity index (χ3v) is 4.11. The molecule has 4 nitrogen and oxygen atoms in total. The molecule has 1 aromatic heterocycles. The van der Waals surface area contributed by atoms with Gasteiger partial charge in [0.05, 0.1) is 6.04 Å². The zero-order valence-electron chi connectivity index (χ0n) is 11.9. The minimum atomic E-state index is -0.237. The first-order valence-corrected chi connectivity index (χ1v) is 7.23. The Kier molecular flexibility index (Phi) is 3.97. The molecule has 0 spiro atoms. The van der Waals surface area contributed by atoms with E-state index in [0.717, 1.165) is 19.5 Å². The van der Waals surface area contributed by atoms with Gasteiger partial charge in [-0.15, -0.1) is 0 Å². The number of benzene rings is 1. The van der Waals surface area contributed by atoms with Crippen LogP contribution in [-0.4, -0.2) is 28.4 Å². The molecule has 0 fully saturated rings. The summed E-state index contributed by atoms with van der Waals surface area (Å²) in [6.45, 7) is 1.61. The summed E-state index contributed by atoms with van der Waals surface area (Å²) in [6, 6.07) is 12.1. The van der Waals surface area contributed by atoms with Crippen LogP contribution in [0, 0.1) is 0 Å². The number of hydrogen-bond acceptors (Lipinski definition) is 3. The molecular formula is C17H19N3O. The largest absolute Gasteiger partial charge is 0.368 e. The monoisotopic (exact) mass is 281 g/mol. The smallest absolute Gasteiger partial charge is 0.235 e. The van der Waals surface area contributed by atoms with Gasteiger partial charge in [-0.3, -0.25) is 14.7 Å². The maximum absolute atomic E-state index is 11.8. The van der Waals surface area contributed by atoms with Gasteiger partial charge in [0.1, 0.15) is 0 Å². The van der Waals surface area contributed by atoms with Gasteiger partial charge in [-0.2, -0.15) is 0 Å². The Morgan fingerprint density at radius 2 is 1.90 bits per heavy atom. The zero-order chi connectivity index (χ0) is 14.7. The standard InChI is InChI=1S/C17H19N3O/c18-17(21)16-11-14-3-1-2-4-15(14)12-20(16)10-7-13-5-8-19-9-6-13/h1-6,8-9,16H,7,10-12H2,(H2,18,21)/t16-/m1/s1. The second-order valence-corrected chi connectivity index (χ2v) is 5.47. The maximum Gasteiger partial charge on any atom is 0.235 e. The fourth-order valence-corrected chi connectivity index (χ4v) is 2.91. The molecule has 0 unspecified atom stereocenters. The summed E-state index contributed by atoms with van der Waals surface area (Å²) >= 11 is 0. The fourth-order valence-electron chi connectivity index (χ4n) is 2.91. The van der Waals surface area contributed by atoms with Crippen molar-refractivity contribution in [1.82, 2.24) is 9.88 Å². The molecule has 0 radical (unpaired) electrons. The highest BCUT2D eigenvalue weighted by molar-refractivity contribution is 5.80. The molecule has 2 N–H and O–H groups in total. The van der Waals surface area contributed by atoms with Crippen molar-refractivity contribution >= 4 is 5.91 Å². The molecule has 0 saturated carbocycles. The van der Waals surface area contributed by atoms with Gasteiger partial charge < -0.3 is 5.73 Å². The van der Waals surface area contributed by atoms with E-state index in [0.29, 0.717) is 6.42 Å². The molecule has 2 aromatic rings. The summed E-state index contributed by atoms with van der Waals surface area (Å²) in [6.07, 6.45) is 5.20. The topological polar surface area (TPSA) is 59.2 Å². The molecule has 1 aliphatic rings. The highest BCUT2D eigenvalue weighted by Crippen LogP contribution is 2.23. The van der Waals surface area contributed by atoms with Gasteiger partial charge in [0, 0.05) is 25.5 Å². The van der Waals surface area contributed by atoms with E-state index in [1.807, 2.05) is 24.3 Å². The lowest BCUT2D eigenvalue weighted by atomic mass is 9.93. The lowest BCUT2D eigenvalue weighted by Crippen LogP contribution is -2.49. The molecule has 1 aliphatic heterocycles. The number of carbonyl (C=O) groups excluding carboxylic acids is 1.